The normalized spacial score (nSPS) is 17.2. The number of hydrogen-bond acceptors (Lipinski definition) is 2. The smallest absolute Gasteiger partial charge is 0.130 e. The molecule has 1 fully saturated rings. The molecule has 1 N–H and O–H groups in total. The Balaban J connectivity index is 2.09. The molecular formula is C16H26BrN3. The van der Waals surface area contributed by atoms with Crippen LogP contribution in [0.15, 0.2) is 22.9 Å². The quantitative estimate of drug-likeness (QED) is 0.783. The molecule has 0 amide bonds. The molecule has 1 saturated carbocycles. The van der Waals surface area contributed by atoms with E-state index < -0.39 is 0 Å². The average molecular weight is 340 g/mol. The second kappa shape index (κ2) is 6.33. The van der Waals surface area contributed by atoms with Crippen molar-refractivity contribution in [3.63, 3.8) is 0 Å². The van der Waals surface area contributed by atoms with Gasteiger partial charge in [-0.2, -0.15) is 5.10 Å². The summed E-state index contributed by atoms with van der Waals surface area (Å²) in [6, 6.07) is 2.59. The van der Waals surface area contributed by atoms with Crippen LogP contribution in [0.2, 0.25) is 0 Å². The van der Waals surface area contributed by atoms with Crippen LogP contribution in [0.5, 0.6) is 0 Å². The number of halogens is 1. The predicted molar refractivity (Wildman–Crippen MR) is 88.9 cm³/mol. The van der Waals surface area contributed by atoms with E-state index in [9.17, 15) is 0 Å². The Labute approximate surface area is 131 Å². The topological polar surface area (TPSA) is 29.9 Å². The third-order valence-corrected chi connectivity index (χ3v) is 4.06. The Kier molecular flexibility index (Phi) is 4.95. The number of nitrogens with one attached hydrogen (secondary N) is 1. The van der Waals surface area contributed by atoms with Gasteiger partial charge >= 0.3 is 0 Å². The van der Waals surface area contributed by atoms with Gasteiger partial charge in [-0.25, -0.2) is 4.68 Å². The third-order valence-electron chi connectivity index (χ3n) is 3.68. The lowest BCUT2D eigenvalue weighted by Gasteiger charge is -2.25. The Morgan fingerprint density at radius 1 is 1.40 bits per heavy atom. The molecule has 0 spiro atoms. The maximum atomic E-state index is 4.61. The lowest BCUT2D eigenvalue weighted by Crippen LogP contribution is -2.18. The first-order chi connectivity index (χ1) is 9.35. The van der Waals surface area contributed by atoms with Gasteiger partial charge in [0.05, 0.1) is 6.04 Å². The number of aromatic nitrogens is 2. The lowest BCUT2D eigenvalue weighted by atomic mass is 9.91. The molecule has 0 aromatic carbocycles. The number of rotatable bonds is 4. The van der Waals surface area contributed by atoms with E-state index in [0.29, 0.717) is 6.04 Å². The summed E-state index contributed by atoms with van der Waals surface area (Å²) >= 11 is 3.50. The minimum absolute atomic E-state index is 0.247. The average Bonchev–Trinajstić information content (AvgIpc) is 2.68. The molecule has 0 aliphatic heterocycles. The largest absolute Gasteiger partial charge is 0.345 e. The van der Waals surface area contributed by atoms with E-state index in [2.05, 4.69) is 64.4 Å². The van der Waals surface area contributed by atoms with E-state index in [4.69, 9.17) is 0 Å². The second-order valence-electron chi connectivity index (χ2n) is 7.05. The highest BCUT2D eigenvalue weighted by Crippen LogP contribution is 2.32. The third kappa shape index (κ3) is 4.37. The number of allylic oxidation sites excluding steroid dienone is 1. The summed E-state index contributed by atoms with van der Waals surface area (Å²) in [6.07, 6.45) is 7.40. The number of anilines is 1. The zero-order valence-electron chi connectivity index (χ0n) is 12.9. The first-order valence-corrected chi connectivity index (χ1v) is 8.34. The van der Waals surface area contributed by atoms with Gasteiger partial charge in [-0.05, 0) is 40.6 Å². The Bertz CT molecular complexity index is 465. The van der Waals surface area contributed by atoms with Gasteiger partial charge in [-0.3, -0.25) is 0 Å². The van der Waals surface area contributed by atoms with E-state index in [-0.39, 0.29) is 5.41 Å². The molecule has 0 radical (unpaired) electrons. The van der Waals surface area contributed by atoms with Crippen LogP contribution in [-0.4, -0.2) is 9.78 Å². The van der Waals surface area contributed by atoms with Crippen molar-refractivity contribution in [3.05, 3.63) is 22.9 Å². The van der Waals surface area contributed by atoms with Crippen LogP contribution < -0.4 is 5.32 Å². The molecule has 112 valence electrons. The van der Waals surface area contributed by atoms with E-state index in [1.54, 1.807) is 0 Å². The lowest BCUT2D eigenvalue weighted by molar-refractivity contribution is 0.331. The fourth-order valence-corrected chi connectivity index (χ4v) is 3.32. The van der Waals surface area contributed by atoms with Crippen molar-refractivity contribution >= 4 is 21.7 Å². The van der Waals surface area contributed by atoms with Gasteiger partial charge in [0.15, 0.2) is 0 Å². The molecule has 1 aliphatic carbocycles. The molecule has 0 saturated heterocycles. The first kappa shape index (κ1) is 15.6. The second-order valence-corrected chi connectivity index (χ2v) is 7.87. The molecule has 1 aromatic heterocycles. The number of hydrogen-bond donors (Lipinski definition) is 1. The maximum Gasteiger partial charge on any atom is 0.130 e. The van der Waals surface area contributed by atoms with Crippen molar-refractivity contribution in [2.45, 2.75) is 65.3 Å². The van der Waals surface area contributed by atoms with E-state index in [1.165, 1.54) is 32.1 Å². The standard InChI is InChI=1S/C16H26BrN3/c1-12(11-16(2,3)4)18-15-10-14(17)19-20(15)13-8-6-5-7-9-13/h10,13,18H,1,5-9,11H2,2-4H3. The highest BCUT2D eigenvalue weighted by atomic mass is 79.9. The van der Waals surface area contributed by atoms with Crippen LogP contribution in [0.3, 0.4) is 0 Å². The van der Waals surface area contributed by atoms with Gasteiger partial charge in [-0.1, -0.05) is 46.6 Å². The molecule has 3 nitrogen and oxygen atoms in total. The predicted octanol–water partition coefficient (Wildman–Crippen LogP) is 5.51. The minimum Gasteiger partial charge on any atom is -0.345 e. The molecule has 4 heteroatoms. The van der Waals surface area contributed by atoms with Gasteiger partial charge in [0.2, 0.25) is 0 Å². The zero-order chi connectivity index (χ0) is 14.8. The van der Waals surface area contributed by atoms with E-state index in [0.717, 1.165) is 22.5 Å². The van der Waals surface area contributed by atoms with Crippen LogP contribution in [0.25, 0.3) is 0 Å². The molecule has 0 atom stereocenters. The fourth-order valence-electron chi connectivity index (χ4n) is 2.93. The fraction of sp³-hybridized carbons (Fsp3) is 0.688. The van der Waals surface area contributed by atoms with Crippen LogP contribution in [-0.2, 0) is 0 Å². The monoisotopic (exact) mass is 339 g/mol. The zero-order valence-corrected chi connectivity index (χ0v) is 14.5. The SMILES string of the molecule is C=C(CC(C)(C)C)Nc1cc(Br)nn1C1CCCCC1. The first-order valence-electron chi connectivity index (χ1n) is 7.55. The van der Waals surface area contributed by atoms with Crippen molar-refractivity contribution in [1.82, 2.24) is 9.78 Å². The molecule has 1 aromatic rings. The molecule has 20 heavy (non-hydrogen) atoms. The van der Waals surface area contributed by atoms with Gasteiger partial charge in [-0.15, -0.1) is 0 Å². The van der Waals surface area contributed by atoms with Crippen molar-refractivity contribution < 1.29 is 0 Å². The van der Waals surface area contributed by atoms with Crippen LogP contribution in [0, 0.1) is 5.41 Å². The summed E-state index contributed by atoms with van der Waals surface area (Å²) in [7, 11) is 0. The Hall–Kier alpha value is -0.770. The van der Waals surface area contributed by atoms with Crippen molar-refractivity contribution in [2.75, 3.05) is 5.32 Å². The Morgan fingerprint density at radius 2 is 2.05 bits per heavy atom. The molecule has 0 bridgehead atoms. The molecule has 2 rings (SSSR count). The van der Waals surface area contributed by atoms with Crippen LogP contribution in [0.1, 0.15) is 65.3 Å². The maximum absolute atomic E-state index is 4.61. The number of nitrogens with zero attached hydrogens (tertiary/aromatic N) is 2. The van der Waals surface area contributed by atoms with Gasteiger partial charge in [0.1, 0.15) is 10.4 Å². The van der Waals surface area contributed by atoms with Crippen LogP contribution >= 0.6 is 15.9 Å². The van der Waals surface area contributed by atoms with Gasteiger partial charge < -0.3 is 5.32 Å². The van der Waals surface area contributed by atoms with Gasteiger partial charge in [0, 0.05) is 11.8 Å². The van der Waals surface area contributed by atoms with E-state index in [1.807, 2.05) is 0 Å². The summed E-state index contributed by atoms with van der Waals surface area (Å²) in [5, 5.41) is 8.07. The summed E-state index contributed by atoms with van der Waals surface area (Å²) in [4.78, 5) is 0. The molecule has 1 heterocycles. The molecule has 0 unspecified atom stereocenters. The van der Waals surface area contributed by atoms with E-state index >= 15 is 0 Å². The molecule has 1 aliphatic rings. The van der Waals surface area contributed by atoms with Crippen LogP contribution in [0.4, 0.5) is 5.82 Å². The summed E-state index contributed by atoms with van der Waals surface area (Å²) in [6.45, 7) is 10.9. The highest BCUT2D eigenvalue weighted by Gasteiger charge is 2.20. The van der Waals surface area contributed by atoms with Gasteiger partial charge in [0.25, 0.3) is 0 Å². The summed E-state index contributed by atoms with van der Waals surface area (Å²) in [5.74, 6) is 1.07. The Morgan fingerprint density at radius 3 is 2.65 bits per heavy atom. The van der Waals surface area contributed by atoms with Crippen molar-refractivity contribution in [3.8, 4) is 0 Å². The summed E-state index contributed by atoms with van der Waals surface area (Å²) in [5.41, 5.74) is 1.30. The highest BCUT2D eigenvalue weighted by molar-refractivity contribution is 9.10. The van der Waals surface area contributed by atoms with Crippen molar-refractivity contribution in [1.29, 1.82) is 0 Å². The minimum atomic E-state index is 0.247. The molecular weight excluding hydrogens is 314 g/mol. The van der Waals surface area contributed by atoms with Crippen molar-refractivity contribution in [2.24, 2.45) is 5.41 Å². The summed E-state index contributed by atoms with van der Waals surface area (Å²) < 4.78 is 3.05.